The Morgan fingerprint density at radius 1 is 0.319 bits per heavy atom. The van der Waals surface area contributed by atoms with Crippen LogP contribution in [-0.4, -0.2) is 24.1 Å². The molecule has 6 nitrogen and oxygen atoms in total. The lowest BCUT2D eigenvalue weighted by Gasteiger charge is -2.17. The van der Waals surface area contributed by atoms with Crippen molar-refractivity contribution in [1.29, 1.82) is 0 Å². The van der Waals surface area contributed by atoms with Crippen LogP contribution < -0.4 is 0 Å². The van der Waals surface area contributed by atoms with E-state index in [1.807, 2.05) is 0 Å². The summed E-state index contributed by atoms with van der Waals surface area (Å²) in [7, 11) is 0. The van der Waals surface area contributed by atoms with E-state index in [2.05, 4.69) is 234 Å². The highest BCUT2D eigenvalue weighted by molar-refractivity contribution is 6.22. The number of hydrogen-bond acceptors (Lipinski definition) is 4. The van der Waals surface area contributed by atoms with E-state index in [-0.39, 0.29) is 0 Å². The number of benzene rings is 11. The maximum absolute atomic E-state index is 6.99. The molecule has 15 rings (SSSR count). The normalized spacial score (nSPS) is 12.1. The molecule has 320 valence electrons. The van der Waals surface area contributed by atoms with Gasteiger partial charge in [-0.1, -0.05) is 164 Å². The van der Waals surface area contributed by atoms with Crippen LogP contribution in [0.2, 0.25) is 0 Å². The number of rotatable bonds is 5. The minimum absolute atomic E-state index is 0.557. The predicted octanol–water partition coefficient (Wildman–Crippen LogP) is 16.4. The van der Waals surface area contributed by atoms with Gasteiger partial charge < -0.3 is 13.6 Å². The quantitative estimate of drug-likeness (QED) is 0.173. The van der Waals surface area contributed by atoms with Crippen molar-refractivity contribution in [3.63, 3.8) is 0 Å². The maximum Gasteiger partial charge on any atom is 0.166 e. The highest BCUT2D eigenvalue weighted by Gasteiger charge is 2.26. The van der Waals surface area contributed by atoms with Crippen LogP contribution in [-0.2, 0) is 0 Å². The van der Waals surface area contributed by atoms with E-state index < -0.39 is 0 Å². The number of para-hydroxylation sites is 4. The van der Waals surface area contributed by atoms with Crippen LogP contribution in [0.4, 0.5) is 0 Å². The van der Waals surface area contributed by atoms with Gasteiger partial charge in [0.05, 0.1) is 33.1 Å². The molecule has 69 heavy (non-hydrogen) atoms. The average Bonchev–Trinajstić information content (AvgIpc) is 4.08. The third-order valence-corrected chi connectivity index (χ3v) is 14.1. The molecule has 0 aliphatic rings. The molecule has 0 bridgehead atoms. The molecule has 6 heteroatoms. The van der Waals surface area contributed by atoms with Crippen molar-refractivity contribution in [2.75, 3.05) is 0 Å². The van der Waals surface area contributed by atoms with E-state index in [9.17, 15) is 0 Å². The molecule has 0 radical (unpaired) electrons. The monoisotopic (exact) mass is 879 g/mol. The molecule has 0 saturated heterocycles. The molecule has 0 amide bonds. The Balaban J connectivity index is 1.11. The molecule has 0 N–H and O–H groups in total. The van der Waals surface area contributed by atoms with E-state index in [4.69, 9.17) is 19.4 Å². The zero-order chi connectivity index (χ0) is 45.2. The van der Waals surface area contributed by atoms with Gasteiger partial charge in [-0.15, -0.1) is 0 Å². The smallest absolute Gasteiger partial charge is 0.166 e. The summed E-state index contributed by atoms with van der Waals surface area (Å²) < 4.78 is 11.8. The third-order valence-electron chi connectivity index (χ3n) is 14.1. The summed E-state index contributed by atoms with van der Waals surface area (Å²) >= 11 is 0. The van der Waals surface area contributed by atoms with Gasteiger partial charge in [-0.3, -0.25) is 0 Å². The molecule has 0 spiro atoms. The number of fused-ring (bicyclic) bond motifs is 13. The van der Waals surface area contributed by atoms with E-state index in [0.717, 1.165) is 115 Å². The fourth-order valence-corrected chi connectivity index (χ4v) is 11.1. The number of nitrogens with zero attached hydrogens (tertiary/aromatic N) is 5. The molecule has 4 aromatic heterocycles. The summed E-state index contributed by atoms with van der Waals surface area (Å²) in [6, 6.07) is 79.6. The Kier molecular flexibility index (Phi) is 7.97. The molecule has 4 heterocycles. The van der Waals surface area contributed by atoms with Gasteiger partial charge in [0.15, 0.2) is 17.5 Å². The lowest BCUT2D eigenvalue weighted by Crippen LogP contribution is -2.05. The van der Waals surface area contributed by atoms with Crippen LogP contribution in [0.25, 0.3) is 143 Å². The number of furan rings is 1. The topological polar surface area (TPSA) is 61.7 Å². The Morgan fingerprint density at radius 3 is 1.65 bits per heavy atom. The summed E-state index contributed by atoms with van der Waals surface area (Å²) in [5, 5.41) is 13.3. The van der Waals surface area contributed by atoms with Crippen LogP contribution in [0.15, 0.2) is 229 Å². The molecular formula is C63H37N5O. The minimum atomic E-state index is 0.557. The fraction of sp³-hybridized carbons (Fsp3) is 0. The summed E-state index contributed by atoms with van der Waals surface area (Å²) in [6.07, 6.45) is 0. The van der Waals surface area contributed by atoms with Crippen LogP contribution >= 0.6 is 0 Å². The van der Waals surface area contributed by atoms with Gasteiger partial charge in [-0.2, -0.15) is 0 Å². The second kappa shape index (κ2) is 14.6. The van der Waals surface area contributed by atoms with Crippen molar-refractivity contribution < 1.29 is 4.42 Å². The molecule has 0 unspecified atom stereocenters. The molecule has 0 aliphatic heterocycles. The highest BCUT2D eigenvalue weighted by Crippen LogP contribution is 2.46. The lowest BCUT2D eigenvalue weighted by molar-refractivity contribution is 0.672. The Hall–Kier alpha value is -9.39. The lowest BCUT2D eigenvalue weighted by atomic mass is 10.0. The molecule has 0 saturated carbocycles. The highest BCUT2D eigenvalue weighted by atomic mass is 16.3. The van der Waals surface area contributed by atoms with Gasteiger partial charge in [0.2, 0.25) is 0 Å². The van der Waals surface area contributed by atoms with Gasteiger partial charge in [0, 0.05) is 54.7 Å². The molecule has 11 aromatic carbocycles. The zero-order valence-electron chi connectivity index (χ0n) is 37.0. The summed E-state index contributed by atoms with van der Waals surface area (Å²) in [4.78, 5) is 16.7. The second-order valence-corrected chi connectivity index (χ2v) is 17.9. The van der Waals surface area contributed by atoms with Gasteiger partial charge in [0.25, 0.3) is 0 Å². The maximum atomic E-state index is 6.99. The van der Waals surface area contributed by atoms with Crippen molar-refractivity contribution in [1.82, 2.24) is 24.1 Å². The first-order chi connectivity index (χ1) is 34.2. The van der Waals surface area contributed by atoms with Crippen molar-refractivity contribution in [3.8, 4) is 45.5 Å². The Bertz CT molecular complexity index is 4610. The second-order valence-electron chi connectivity index (χ2n) is 17.9. The first-order valence-corrected chi connectivity index (χ1v) is 23.4. The zero-order valence-corrected chi connectivity index (χ0v) is 37.0. The molecule has 0 fully saturated rings. The summed E-state index contributed by atoms with van der Waals surface area (Å²) in [5.74, 6) is 1.73. The predicted molar refractivity (Wildman–Crippen MR) is 285 cm³/mol. The van der Waals surface area contributed by atoms with Gasteiger partial charge in [-0.25, -0.2) is 15.0 Å². The Labute approximate surface area is 394 Å². The van der Waals surface area contributed by atoms with Gasteiger partial charge in [0.1, 0.15) is 11.2 Å². The molecule has 0 atom stereocenters. The fourth-order valence-electron chi connectivity index (χ4n) is 11.1. The van der Waals surface area contributed by atoms with Crippen molar-refractivity contribution in [2.45, 2.75) is 0 Å². The average molecular weight is 880 g/mol. The molecule has 15 aromatic rings. The first-order valence-electron chi connectivity index (χ1n) is 23.4. The first kappa shape index (κ1) is 37.8. The SMILES string of the molecule is c1ccc(-n2c3ccccc3c3cccc(-c4nc(-c5ccc6oc7c8ccccc8ccc7c6c5-n5c6ccccc6c6cc7ccccc7cc65)nc(-c5cccc6ccccc56)n4)c32)cc1. The number of aromatic nitrogens is 5. The van der Waals surface area contributed by atoms with Crippen molar-refractivity contribution in [3.05, 3.63) is 224 Å². The van der Waals surface area contributed by atoms with Crippen LogP contribution in [0.1, 0.15) is 0 Å². The van der Waals surface area contributed by atoms with E-state index in [1.54, 1.807) is 0 Å². The summed E-state index contributed by atoms with van der Waals surface area (Å²) in [5.41, 5.74) is 10.6. The van der Waals surface area contributed by atoms with Crippen molar-refractivity contribution >= 4 is 97.9 Å². The van der Waals surface area contributed by atoms with Gasteiger partial charge in [-0.05, 0) is 87.6 Å². The van der Waals surface area contributed by atoms with Crippen LogP contribution in [0, 0.1) is 0 Å². The largest absolute Gasteiger partial charge is 0.455 e. The van der Waals surface area contributed by atoms with Crippen LogP contribution in [0.5, 0.6) is 0 Å². The van der Waals surface area contributed by atoms with E-state index >= 15 is 0 Å². The van der Waals surface area contributed by atoms with Crippen LogP contribution in [0.3, 0.4) is 0 Å². The molecular weight excluding hydrogens is 843 g/mol. The standard InChI is InChI=1S/C63H37N5O/c1-2-21-42(22-3-1)67-53-30-12-10-25-45(53)47-27-15-29-50(58(47)67)62-64-61(48-28-14-20-38-16-6-8-23-43(38)48)65-63(66-62)51-34-35-56-57(49-33-32-39-17-7-9-24-44(39)60(49)69-56)59(51)68-54-31-13-11-26-46(54)52-36-40-18-4-5-19-41(40)37-55(52)68/h1-37H. The minimum Gasteiger partial charge on any atom is -0.455 e. The molecule has 0 aliphatic carbocycles. The summed E-state index contributed by atoms with van der Waals surface area (Å²) in [6.45, 7) is 0. The third kappa shape index (κ3) is 5.57. The Morgan fingerprint density at radius 2 is 0.870 bits per heavy atom. The number of hydrogen-bond donors (Lipinski definition) is 0. The van der Waals surface area contributed by atoms with E-state index in [1.165, 1.54) is 10.8 Å². The van der Waals surface area contributed by atoms with Gasteiger partial charge >= 0.3 is 0 Å². The van der Waals surface area contributed by atoms with E-state index in [0.29, 0.717) is 17.5 Å². The van der Waals surface area contributed by atoms with Crippen molar-refractivity contribution in [2.24, 2.45) is 0 Å².